The molecule has 0 amide bonds. The highest BCUT2D eigenvalue weighted by Gasteiger charge is 2.42. The Morgan fingerprint density at radius 1 is 0.951 bits per heavy atom. The molecule has 41 heavy (non-hydrogen) atoms. The Labute approximate surface area is 256 Å². The van der Waals surface area contributed by atoms with Gasteiger partial charge in [0.15, 0.2) is 29.1 Å². The topological polar surface area (TPSA) is 46.2 Å². The van der Waals surface area contributed by atoms with Gasteiger partial charge >= 0.3 is 0 Å². The van der Waals surface area contributed by atoms with Crippen LogP contribution >= 0.6 is 46.7 Å². The number of ether oxygens (including phenoxy) is 2. The van der Waals surface area contributed by atoms with Crippen molar-refractivity contribution in [3.63, 3.8) is 0 Å². The SMILES string of the molecule is CC[N+]1=C2C=CC=CC2SC2C=C3Oc4c(Cl)c5c(c(Cl)c4N=C3C=C21)OC1C=C(Sc2ccccc2)C=CC1=N5. The molecule has 0 fully saturated rings. The van der Waals surface area contributed by atoms with Crippen molar-refractivity contribution >= 4 is 75.2 Å². The van der Waals surface area contributed by atoms with Crippen molar-refractivity contribution in [3.8, 4) is 11.5 Å². The van der Waals surface area contributed by atoms with Crippen molar-refractivity contribution < 1.29 is 14.0 Å². The molecule has 0 spiro atoms. The fraction of sp³-hybridized carbons (Fsp3) is 0.156. The molecule has 0 bridgehead atoms. The first kappa shape index (κ1) is 25.5. The molecule has 3 aliphatic heterocycles. The second-order valence-corrected chi connectivity index (χ2v) is 13.2. The Hall–Kier alpha value is -3.23. The van der Waals surface area contributed by atoms with E-state index in [0.29, 0.717) is 43.9 Å². The molecular formula is C32H22Cl2N3O2S2+. The predicted molar refractivity (Wildman–Crippen MR) is 171 cm³/mol. The average molecular weight is 616 g/mol. The number of hydrogen-bond donors (Lipinski definition) is 0. The van der Waals surface area contributed by atoms with Crippen LogP contribution in [0.4, 0.5) is 11.4 Å². The molecule has 3 heterocycles. The van der Waals surface area contributed by atoms with Crippen LogP contribution in [0.1, 0.15) is 6.92 Å². The van der Waals surface area contributed by atoms with E-state index >= 15 is 0 Å². The van der Waals surface area contributed by atoms with Crippen molar-refractivity contribution in [2.45, 2.75) is 28.4 Å². The summed E-state index contributed by atoms with van der Waals surface area (Å²) in [7, 11) is 0. The van der Waals surface area contributed by atoms with Gasteiger partial charge in [0.05, 0.1) is 5.71 Å². The number of benzene rings is 2. The maximum Gasteiger partial charge on any atom is 0.201 e. The van der Waals surface area contributed by atoms with Crippen molar-refractivity contribution in [1.29, 1.82) is 0 Å². The number of nitrogens with zero attached hydrogens (tertiary/aromatic N) is 3. The minimum atomic E-state index is -0.379. The standard InChI is InChI=1S/C32H22Cl2N3O2S2/c1-2-37-21-10-6-7-11-25(21)41-26-16-24-20(15-22(26)37)36-30-28(34)31-29(27(33)32(30)39-24)35-19-13-12-18(14-23(19)38-31)40-17-8-4-3-5-9-17/h3-16,23,25-26H,2H2,1H3/q+1. The van der Waals surface area contributed by atoms with Crippen LogP contribution in [-0.4, -0.2) is 44.9 Å². The van der Waals surface area contributed by atoms with Crippen LogP contribution < -0.4 is 9.47 Å². The first-order valence-electron chi connectivity index (χ1n) is 13.4. The number of allylic oxidation sites excluding steroid dienone is 5. The van der Waals surface area contributed by atoms with Crippen LogP contribution in [-0.2, 0) is 0 Å². The summed E-state index contributed by atoms with van der Waals surface area (Å²) in [5.74, 6) is 1.50. The molecule has 5 nitrogen and oxygen atoms in total. The molecule has 0 N–H and O–H groups in total. The molecule has 3 unspecified atom stereocenters. The molecule has 3 aliphatic carbocycles. The maximum atomic E-state index is 6.97. The minimum absolute atomic E-state index is 0.133. The molecule has 2 aromatic carbocycles. The Morgan fingerprint density at radius 3 is 2.63 bits per heavy atom. The van der Waals surface area contributed by atoms with Crippen LogP contribution in [0.15, 0.2) is 116 Å². The number of fused-ring (bicyclic) bond motifs is 6. The lowest BCUT2D eigenvalue weighted by atomic mass is 10.0. The van der Waals surface area contributed by atoms with E-state index in [-0.39, 0.29) is 11.4 Å². The van der Waals surface area contributed by atoms with Crippen molar-refractivity contribution in [2.24, 2.45) is 9.98 Å². The van der Waals surface area contributed by atoms with Gasteiger partial charge in [-0.2, -0.15) is 4.58 Å². The van der Waals surface area contributed by atoms with E-state index < -0.39 is 0 Å². The molecule has 0 aromatic heterocycles. The van der Waals surface area contributed by atoms with Crippen molar-refractivity contribution in [3.05, 3.63) is 111 Å². The number of halogens is 2. The molecule has 2 aromatic rings. The van der Waals surface area contributed by atoms with E-state index in [9.17, 15) is 0 Å². The smallest absolute Gasteiger partial charge is 0.201 e. The predicted octanol–water partition coefficient (Wildman–Crippen LogP) is 8.40. The van der Waals surface area contributed by atoms with Gasteiger partial charge < -0.3 is 9.47 Å². The lowest BCUT2D eigenvalue weighted by Crippen LogP contribution is -2.39. The number of hydrogen-bond acceptors (Lipinski definition) is 6. The monoisotopic (exact) mass is 614 g/mol. The summed E-state index contributed by atoms with van der Waals surface area (Å²) < 4.78 is 15.2. The van der Waals surface area contributed by atoms with E-state index in [1.54, 1.807) is 11.8 Å². The van der Waals surface area contributed by atoms with Gasteiger partial charge in [-0.3, -0.25) is 0 Å². The molecule has 3 atom stereocenters. The van der Waals surface area contributed by atoms with Crippen molar-refractivity contribution in [2.75, 3.05) is 6.54 Å². The average Bonchev–Trinajstić information content (AvgIpc) is 3.00. The number of thioether (sulfide) groups is 2. The van der Waals surface area contributed by atoms with Crippen LogP contribution in [0.5, 0.6) is 11.5 Å². The normalized spacial score (nSPS) is 24.6. The summed E-state index contributed by atoms with van der Waals surface area (Å²) in [4.78, 5) is 12.0. The molecule has 8 rings (SSSR count). The molecule has 0 saturated carbocycles. The van der Waals surface area contributed by atoms with E-state index in [0.717, 1.165) is 27.8 Å². The second kappa shape index (κ2) is 9.95. The minimum Gasteiger partial charge on any atom is -0.476 e. The van der Waals surface area contributed by atoms with Gasteiger partial charge in [0.25, 0.3) is 0 Å². The molecule has 0 radical (unpaired) electrons. The third-order valence-corrected chi connectivity index (χ3v) is 10.6. The van der Waals surface area contributed by atoms with Gasteiger partial charge in [-0.25, -0.2) is 9.98 Å². The van der Waals surface area contributed by atoms with Gasteiger partial charge in [-0.05, 0) is 43.4 Å². The lowest BCUT2D eigenvalue weighted by Gasteiger charge is -2.32. The zero-order valence-electron chi connectivity index (χ0n) is 21.8. The van der Waals surface area contributed by atoms with Crippen LogP contribution in [0.25, 0.3) is 0 Å². The van der Waals surface area contributed by atoms with E-state index in [2.05, 4.69) is 66.2 Å². The van der Waals surface area contributed by atoms with Gasteiger partial charge in [-0.15, -0.1) is 11.8 Å². The van der Waals surface area contributed by atoms with Gasteiger partial charge in [-0.1, -0.05) is 71.4 Å². The maximum absolute atomic E-state index is 6.97. The zero-order valence-corrected chi connectivity index (χ0v) is 24.9. The quantitative estimate of drug-likeness (QED) is 0.326. The summed E-state index contributed by atoms with van der Waals surface area (Å²) in [6, 6.07) is 10.2. The van der Waals surface area contributed by atoms with Crippen LogP contribution in [0.2, 0.25) is 10.0 Å². The largest absolute Gasteiger partial charge is 0.476 e. The lowest BCUT2D eigenvalue weighted by molar-refractivity contribution is -0.475. The zero-order chi connectivity index (χ0) is 27.7. The summed E-state index contributed by atoms with van der Waals surface area (Å²) in [6.07, 6.45) is 18.6. The highest BCUT2D eigenvalue weighted by atomic mass is 35.5. The molecule has 0 saturated heterocycles. The molecule has 202 valence electrons. The van der Waals surface area contributed by atoms with Crippen molar-refractivity contribution in [1.82, 2.24) is 0 Å². The summed E-state index contributed by atoms with van der Waals surface area (Å²) in [6.45, 7) is 3.04. The first-order chi connectivity index (χ1) is 20.1. The summed E-state index contributed by atoms with van der Waals surface area (Å²) in [5, 5.41) is 1.11. The molecule has 9 heteroatoms. The second-order valence-electron chi connectivity index (χ2n) is 9.97. The highest BCUT2D eigenvalue weighted by molar-refractivity contribution is 8.03. The van der Waals surface area contributed by atoms with Crippen LogP contribution in [0, 0.1) is 0 Å². The van der Waals surface area contributed by atoms with Gasteiger partial charge in [0, 0.05) is 22.0 Å². The Balaban J connectivity index is 1.18. The number of aliphatic imine (C=N–C) groups is 2. The summed E-state index contributed by atoms with van der Waals surface area (Å²) >= 11 is 17.5. The fourth-order valence-corrected chi connectivity index (χ4v) is 8.40. The Kier molecular flexibility index (Phi) is 6.18. The summed E-state index contributed by atoms with van der Waals surface area (Å²) in [5.41, 5.74) is 4.88. The third-order valence-electron chi connectivity index (χ3n) is 7.50. The first-order valence-corrected chi connectivity index (χ1v) is 15.9. The van der Waals surface area contributed by atoms with E-state index in [4.69, 9.17) is 42.7 Å². The Bertz CT molecular complexity index is 1820. The highest BCUT2D eigenvalue weighted by Crippen LogP contribution is 2.57. The fourth-order valence-electron chi connectivity index (χ4n) is 5.61. The van der Waals surface area contributed by atoms with E-state index in [1.807, 2.05) is 42.1 Å². The Morgan fingerprint density at radius 2 is 1.78 bits per heavy atom. The van der Waals surface area contributed by atoms with Crippen LogP contribution in [0.3, 0.4) is 0 Å². The third kappa shape index (κ3) is 4.21. The van der Waals surface area contributed by atoms with Gasteiger partial charge in [0.1, 0.15) is 44.2 Å². The number of rotatable bonds is 3. The molecular weight excluding hydrogens is 593 g/mol. The molecule has 6 aliphatic rings. The van der Waals surface area contributed by atoms with Gasteiger partial charge in [0.2, 0.25) is 5.70 Å². The van der Waals surface area contributed by atoms with E-state index in [1.165, 1.54) is 11.4 Å².